The van der Waals surface area contributed by atoms with E-state index >= 15 is 0 Å². The largest absolute Gasteiger partial charge is 0.343 e. The quantitative estimate of drug-likeness (QED) is 0.860. The number of pyridine rings is 1. The summed E-state index contributed by atoms with van der Waals surface area (Å²) in [5, 5.41) is 5.19. The predicted molar refractivity (Wildman–Crippen MR) is 98.0 cm³/mol. The number of nitrogens with one attached hydrogen (secondary N) is 2. The van der Waals surface area contributed by atoms with E-state index in [4.69, 9.17) is 0 Å². The SMILES string of the molecule is Cc1ccc(NC(=O)CNC(=O)c2ccc(N3CCCC3=O)cc2)nc1. The number of rotatable bonds is 5. The summed E-state index contributed by atoms with van der Waals surface area (Å²) < 4.78 is 0. The van der Waals surface area contributed by atoms with E-state index in [1.54, 1.807) is 41.4 Å². The molecule has 1 aromatic carbocycles. The summed E-state index contributed by atoms with van der Waals surface area (Å²) in [5.74, 6) is -0.164. The van der Waals surface area contributed by atoms with Gasteiger partial charge in [-0.1, -0.05) is 6.07 Å². The normalized spacial score (nSPS) is 13.6. The van der Waals surface area contributed by atoms with Gasteiger partial charge >= 0.3 is 0 Å². The van der Waals surface area contributed by atoms with Gasteiger partial charge in [0.05, 0.1) is 6.54 Å². The monoisotopic (exact) mass is 352 g/mol. The number of anilines is 2. The van der Waals surface area contributed by atoms with Gasteiger partial charge in [-0.3, -0.25) is 14.4 Å². The van der Waals surface area contributed by atoms with Gasteiger partial charge in [-0.05, 0) is 49.2 Å². The van der Waals surface area contributed by atoms with Crippen LogP contribution in [0.1, 0.15) is 28.8 Å². The van der Waals surface area contributed by atoms with E-state index in [2.05, 4.69) is 15.6 Å². The first-order chi connectivity index (χ1) is 12.5. The Hall–Kier alpha value is -3.22. The molecular weight excluding hydrogens is 332 g/mol. The second-order valence-electron chi connectivity index (χ2n) is 6.15. The van der Waals surface area contributed by atoms with Crippen molar-refractivity contribution < 1.29 is 14.4 Å². The molecule has 0 atom stereocenters. The third kappa shape index (κ3) is 4.24. The maximum atomic E-state index is 12.2. The van der Waals surface area contributed by atoms with E-state index in [0.717, 1.165) is 17.7 Å². The third-order valence-corrected chi connectivity index (χ3v) is 4.10. The molecule has 7 heteroatoms. The Kier molecular flexibility index (Phi) is 5.26. The molecule has 2 aromatic rings. The third-order valence-electron chi connectivity index (χ3n) is 4.10. The van der Waals surface area contributed by atoms with Crippen LogP contribution in [-0.4, -0.2) is 35.8 Å². The highest BCUT2D eigenvalue weighted by Crippen LogP contribution is 2.21. The number of carbonyl (C=O) groups excluding carboxylic acids is 3. The second kappa shape index (κ2) is 7.77. The molecule has 1 fully saturated rings. The van der Waals surface area contributed by atoms with E-state index in [0.29, 0.717) is 24.3 Å². The zero-order chi connectivity index (χ0) is 18.5. The Balaban J connectivity index is 1.52. The van der Waals surface area contributed by atoms with Crippen molar-refractivity contribution >= 4 is 29.2 Å². The predicted octanol–water partition coefficient (Wildman–Crippen LogP) is 1.89. The Morgan fingerprint density at radius 3 is 2.54 bits per heavy atom. The van der Waals surface area contributed by atoms with Crippen LogP contribution < -0.4 is 15.5 Å². The maximum absolute atomic E-state index is 12.2. The lowest BCUT2D eigenvalue weighted by atomic mass is 10.2. The van der Waals surface area contributed by atoms with Crippen molar-refractivity contribution in [2.45, 2.75) is 19.8 Å². The number of amides is 3. The molecule has 2 heterocycles. The van der Waals surface area contributed by atoms with Gasteiger partial charge in [0.25, 0.3) is 5.91 Å². The summed E-state index contributed by atoms with van der Waals surface area (Å²) in [6.45, 7) is 2.46. The van der Waals surface area contributed by atoms with Crippen LogP contribution in [0.15, 0.2) is 42.6 Å². The fourth-order valence-electron chi connectivity index (χ4n) is 2.71. The number of nitrogens with zero attached hydrogens (tertiary/aromatic N) is 2. The number of hydrogen-bond donors (Lipinski definition) is 2. The zero-order valence-electron chi connectivity index (χ0n) is 14.5. The van der Waals surface area contributed by atoms with Crippen LogP contribution in [0.5, 0.6) is 0 Å². The first-order valence-corrected chi connectivity index (χ1v) is 8.44. The lowest BCUT2D eigenvalue weighted by molar-refractivity contribution is -0.117. The van der Waals surface area contributed by atoms with Crippen molar-refractivity contribution in [1.29, 1.82) is 0 Å². The average Bonchev–Trinajstić information content (AvgIpc) is 3.08. The fourth-order valence-corrected chi connectivity index (χ4v) is 2.71. The highest BCUT2D eigenvalue weighted by Gasteiger charge is 2.21. The summed E-state index contributed by atoms with van der Waals surface area (Å²) in [4.78, 5) is 41.6. The topological polar surface area (TPSA) is 91.4 Å². The molecule has 26 heavy (non-hydrogen) atoms. The molecule has 1 aromatic heterocycles. The van der Waals surface area contributed by atoms with Crippen molar-refractivity contribution in [3.05, 3.63) is 53.7 Å². The summed E-state index contributed by atoms with van der Waals surface area (Å²) in [7, 11) is 0. The summed E-state index contributed by atoms with van der Waals surface area (Å²) in [6.07, 6.45) is 3.07. The first-order valence-electron chi connectivity index (χ1n) is 8.44. The van der Waals surface area contributed by atoms with Crippen LogP contribution in [-0.2, 0) is 9.59 Å². The van der Waals surface area contributed by atoms with Gasteiger partial charge < -0.3 is 15.5 Å². The van der Waals surface area contributed by atoms with Crippen LogP contribution in [0.3, 0.4) is 0 Å². The second-order valence-corrected chi connectivity index (χ2v) is 6.15. The summed E-state index contributed by atoms with van der Waals surface area (Å²) >= 11 is 0. The van der Waals surface area contributed by atoms with Gasteiger partial charge in [-0.15, -0.1) is 0 Å². The van der Waals surface area contributed by atoms with Crippen LogP contribution in [0.4, 0.5) is 11.5 Å². The van der Waals surface area contributed by atoms with Gasteiger partial charge in [-0.2, -0.15) is 0 Å². The fraction of sp³-hybridized carbons (Fsp3) is 0.263. The zero-order valence-corrected chi connectivity index (χ0v) is 14.5. The van der Waals surface area contributed by atoms with Crippen LogP contribution in [0, 0.1) is 6.92 Å². The van der Waals surface area contributed by atoms with E-state index in [1.807, 2.05) is 13.0 Å². The molecule has 3 rings (SSSR count). The van der Waals surface area contributed by atoms with E-state index in [1.165, 1.54) is 0 Å². The Labute approximate surface area is 151 Å². The molecule has 0 radical (unpaired) electrons. The number of aryl methyl sites for hydroxylation is 1. The van der Waals surface area contributed by atoms with Gasteiger partial charge in [0.2, 0.25) is 11.8 Å². The molecule has 1 saturated heterocycles. The highest BCUT2D eigenvalue weighted by atomic mass is 16.2. The summed E-state index contributed by atoms with van der Waals surface area (Å²) in [5.41, 5.74) is 2.21. The smallest absolute Gasteiger partial charge is 0.251 e. The van der Waals surface area contributed by atoms with Gasteiger partial charge in [-0.25, -0.2) is 4.98 Å². The molecule has 2 N–H and O–H groups in total. The van der Waals surface area contributed by atoms with Gasteiger partial charge in [0, 0.05) is 30.4 Å². The minimum atomic E-state index is -0.353. The van der Waals surface area contributed by atoms with Crippen molar-refractivity contribution in [3.63, 3.8) is 0 Å². The molecule has 1 aliphatic heterocycles. The molecule has 0 aliphatic carbocycles. The van der Waals surface area contributed by atoms with Crippen LogP contribution in [0.25, 0.3) is 0 Å². The lowest BCUT2D eigenvalue weighted by Crippen LogP contribution is -2.33. The first kappa shape index (κ1) is 17.6. The van der Waals surface area contributed by atoms with E-state index < -0.39 is 0 Å². The van der Waals surface area contributed by atoms with Crippen molar-refractivity contribution in [2.75, 3.05) is 23.3 Å². The van der Waals surface area contributed by atoms with Gasteiger partial charge in [0.15, 0.2) is 0 Å². The van der Waals surface area contributed by atoms with Crippen LogP contribution in [0.2, 0.25) is 0 Å². The highest BCUT2D eigenvalue weighted by molar-refractivity contribution is 6.00. The Morgan fingerprint density at radius 2 is 1.92 bits per heavy atom. The maximum Gasteiger partial charge on any atom is 0.251 e. The minimum Gasteiger partial charge on any atom is -0.343 e. The number of benzene rings is 1. The minimum absolute atomic E-state index is 0.101. The average molecular weight is 352 g/mol. The summed E-state index contributed by atoms with van der Waals surface area (Å²) in [6, 6.07) is 10.3. The Bertz CT molecular complexity index is 816. The molecule has 0 unspecified atom stereocenters. The molecule has 134 valence electrons. The molecule has 0 spiro atoms. The van der Waals surface area contributed by atoms with Crippen molar-refractivity contribution in [1.82, 2.24) is 10.3 Å². The number of carbonyl (C=O) groups is 3. The number of hydrogen-bond acceptors (Lipinski definition) is 4. The molecule has 0 bridgehead atoms. The molecule has 1 aliphatic rings. The molecule has 3 amide bonds. The lowest BCUT2D eigenvalue weighted by Gasteiger charge is -2.15. The van der Waals surface area contributed by atoms with Crippen LogP contribution >= 0.6 is 0 Å². The van der Waals surface area contributed by atoms with Crippen molar-refractivity contribution in [3.8, 4) is 0 Å². The molecule has 7 nitrogen and oxygen atoms in total. The number of aromatic nitrogens is 1. The van der Waals surface area contributed by atoms with E-state index in [9.17, 15) is 14.4 Å². The van der Waals surface area contributed by atoms with Crippen molar-refractivity contribution in [2.24, 2.45) is 0 Å². The van der Waals surface area contributed by atoms with E-state index in [-0.39, 0.29) is 24.3 Å². The standard InChI is InChI=1S/C19H20N4O3/c1-13-4-9-16(20-11-13)22-17(24)12-21-19(26)14-5-7-15(8-6-14)23-10-2-3-18(23)25/h4-9,11H,2-3,10,12H2,1H3,(H,21,26)(H,20,22,24). The molecular formula is C19H20N4O3. The molecule has 0 saturated carbocycles. The Morgan fingerprint density at radius 1 is 1.15 bits per heavy atom. The van der Waals surface area contributed by atoms with Gasteiger partial charge in [0.1, 0.15) is 5.82 Å².